The minimum Gasteiger partial charge on any atom is -0.387 e. The topological polar surface area (TPSA) is 99.4 Å². The monoisotopic (exact) mass is 341 g/mol. The molecule has 3 rings (SSSR count). The van der Waals surface area contributed by atoms with Crippen LogP contribution in [-0.2, 0) is 4.74 Å². The smallest absolute Gasteiger partial charge is 0.222 e. The third kappa shape index (κ3) is 5.00. The Morgan fingerprint density at radius 1 is 1.24 bits per heavy atom. The second kappa shape index (κ2) is 9.13. The van der Waals surface area contributed by atoms with E-state index < -0.39 is 0 Å². The Hall–Kier alpha value is -2.47. The molecule has 1 aromatic heterocycles. The predicted octanol–water partition coefficient (Wildman–Crippen LogP) is 3.62. The highest BCUT2D eigenvalue weighted by molar-refractivity contribution is 5.84. The molecule has 0 aliphatic carbocycles. The Morgan fingerprint density at radius 2 is 1.96 bits per heavy atom. The van der Waals surface area contributed by atoms with E-state index in [9.17, 15) is 0 Å². The minimum absolute atomic E-state index is 0.159. The van der Waals surface area contributed by atoms with Gasteiger partial charge in [0.15, 0.2) is 5.82 Å². The first-order valence-corrected chi connectivity index (χ1v) is 8.77. The highest BCUT2D eigenvalue weighted by Crippen LogP contribution is 2.28. The minimum atomic E-state index is 0.159. The van der Waals surface area contributed by atoms with Crippen molar-refractivity contribution in [2.75, 3.05) is 12.3 Å². The van der Waals surface area contributed by atoms with Gasteiger partial charge in [-0.15, -0.1) is 0 Å². The van der Waals surface area contributed by atoms with Crippen molar-refractivity contribution in [1.82, 2.24) is 9.97 Å². The van der Waals surface area contributed by atoms with Crippen LogP contribution in [0.15, 0.2) is 35.3 Å². The summed E-state index contributed by atoms with van der Waals surface area (Å²) in [5.41, 5.74) is 14.5. The fourth-order valence-corrected chi connectivity index (χ4v) is 2.73. The molecule has 1 aliphatic heterocycles. The van der Waals surface area contributed by atoms with Gasteiger partial charge in [0.1, 0.15) is 5.84 Å². The largest absolute Gasteiger partial charge is 0.387 e. The molecule has 1 aromatic carbocycles. The third-order valence-corrected chi connectivity index (χ3v) is 3.89. The Labute approximate surface area is 149 Å². The fraction of sp³-hybridized carbons (Fsp3) is 0.421. The first-order valence-electron chi connectivity index (χ1n) is 8.77. The molecule has 2 heterocycles. The number of ether oxygens (including phenoxy) is 1. The van der Waals surface area contributed by atoms with Crippen molar-refractivity contribution in [2.45, 2.75) is 46.1 Å². The summed E-state index contributed by atoms with van der Waals surface area (Å²) in [5, 5.41) is 0. The summed E-state index contributed by atoms with van der Waals surface area (Å²) >= 11 is 0. The summed E-state index contributed by atoms with van der Waals surface area (Å²) < 4.78 is 5.59. The number of benzene rings is 1. The van der Waals surface area contributed by atoms with Crippen molar-refractivity contribution in [3.05, 3.63) is 35.9 Å². The van der Waals surface area contributed by atoms with Crippen molar-refractivity contribution in [3.63, 3.8) is 0 Å². The number of nitrogen functional groups attached to an aromatic ring is 1. The summed E-state index contributed by atoms with van der Waals surface area (Å²) in [6.45, 7) is 6.73. The normalized spacial score (nSPS) is 17.1. The average Bonchev–Trinajstić information content (AvgIpc) is 3.13. The average molecular weight is 341 g/mol. The SMILES string of the molecule is CC.Cc1c(N=C(N)CC2CCCO2)nc(N)nc1-c1ccccc1. The number of hydrogen-bond donors (Lipinski definition) is 2. The molecule has 4 N–H and O–H groups in total. The number of nitrogens with two attached hydrogens (primary N) is 2. The van der Waals surface area contributed by atoms with E-state index in [0.29, 0.717) is 18.1 Å². The molecule has 134 valence electrons. The standard InChI is InChI=1S/C17H21N5O.C2H6/c1-11-15(12-6-3-2-4-7-12)21-17(19)22-16(11)20-14(18)10-13-8-5-9-23-13;1-2/h2-4,6-7,13H,5,8-10H2,1H3,(H4,18,19,20,21,22);1-2H3. The number of hydrogen-bond acceptors (Lipinski definition) is 5. The van der Waals surface area contributed by atoms with Crippen LogP contribution in [0.2, 0.25) is 0 Å². The quantitative estimate of drug-likeness (QED) is 0.653. The number of anilines is 1. The lowest BCUT2D eigenvalue weighted by Gasteiger charge is -2.11. The number of aromatic nitrogens is 2. The van der Waals surface area contributed by atoms with E-state index in [-0.39, 0.29) is 12.1 Å². The number of rotatable bonds is 4. The van der Waals surface area contributed by atoms with Crippen LogP contribution in [0.5, 0.6) is 0 Å². The molecule has 6 heteroatoms. The van der Waals surface area contributed by atoms with E-state index in [1.54, 1.807) is 0 Å². The van der Waals surface area contributed by atoms with Gasteiger partial charge in [-0.3, -0.25) is 0 Å². The summed E-state index contributed by atoms with van der Waals surface area (Å²) in [4.78, 5) is 13.0. The molecule has 1 aliphatic rings. The number of nitrogens with zero attached hydrogens (tertiary/aromatic N) is 3. The zero-order valence-electron chi connectivity index (χ0n) is 15.2. The van der Waals surface area contributed by atoms with Gasteiger partial charge in [0.25, 0.3) is 0 Å². The number of amidine groups is 1. The van der Waals surface area contributed by atoms with Gasteiger partial charge >= 0.3 is 0 Å². The second-order valence-corrected chi connectivity index (χ2v) is 5.69. The van der Waals surface area contributed by atoms with E-state index in [0.717, 1.165) is 36.3 Å². The van der Waals surface area contributed by atoms with Crippen LogP contribution in [0.1, 0.15) is 38.7 Å². The molecular weight excluding hydrogens is 314 g/mol. The highest BCUT2D eigenvalue weighted by atomic mass is 16.5. The van der Waals surface area contributed by atoms with Crippen molar-refractivity contribution in [2.24, 2.45) is 10.7 Å². The fourth-order valence-electron chi connectivity index (χ4n) is 2.73. The molecule has 0 bridgehead atoms. The molecule has 1 atom stereocenters. The highest BCUT2D eigenvalue weighted by Gasteiger charge is 2.17. The maximum atomic E-state index is 6.06. The lowest BCUT2D eigenvalue weighted by atomic mass is 10.1. The van der Waals surface area contributed by atoms with Gasteiger partial charge in [-0.2, -0.15) is 4.98 Å². The van der Waals surface area contributed by atoms with Gasteiger partial charge in [-0.25, -0.2) is 9.98 Å². The van der Waals surface area contributed by atoms with Crippen LogP contribution in [0.3, 0.4) is 0 Å². The molecule has 0 spiro atoms. The van der Waals surface area contributed by atoms with Crippen LogP contribution in [-0.4, -0.2) is 28.5 Å². The summed E-state index contributed by atoms with van der Waals surface area (Å²) in [7, 11) is 0. The van der Waals surface area contributed by atoms with E-state index in [2.05, 4.69) is 15.0 Å². The molecule has 6 nitrogen and oxygen atoms in total. The molecule has 2 aromatic rings. The van der Waals surface area contributed by atoms with Gasteiger partial charge in [0, 0.05) is 24.2 Å². The molecule has 25 heavy (non-hydrogen) atoms. The number of aliphatic imine (C=N–C) groups is 1. The lowest BCUT2D eigenvalue weighted by molar-refractivity contribution is 0.116. The maximum Gasteiger partial charge on any atom is 0.222 e. The van der Waals surface area contributed by atoms with Crippen LogP contribution in [0.4, 0.5) is 11.8 Å². The molecular formula is C19H27N5O. The van der Waals surface area contributed by atoms with Gasteiger partial charge in [0.05, 0.1) is 11.8 Å². The van der Waals surface area contributed by atoms with Crippen LogP contribution < -0.4 is 11.5 Å². The van der Waals surface area contributed by atoms with Gasteiger partial charge in [0.2, 0.25) is 5.95 Å². The van der Waals surface area contributed by atoms with E-state index in [1.807, 2.05) is 51.1 Å². The van der Waals surface area contributed by atoms with E-state index in [4.69, 9.17) is 16.2 Å². The lowest BCUT2D eigenvalue weighted by Crippen LogP contribution is -2.19. The van der Waals surface area contributed by atoms with Crippen LogP contribution in [0.25, 0.3) is 11.3 Å². The zero-order valence-corrected chi connectivity index (χ0v) is 15.2. The van der Waals surface area contributed by atoms with Crippen molar-refractivity contribution >= 4 is 17.6 Å². The second-order valence-electron chi connectivity index (χ2n) is 5.69. The molecule has 1 saturated heterocycles. The summed E-state index contributed by atoms with van der Waals surface area (Å²) in [5.74, 6) is 1.22. The third-order valence-electron chi connectivity index (χ3n) is 3.89. The van der Waals surface area contributed by atoms with Gasteiger partial charge in [-0.1, -0.05) is 44.2 Å². The Morgan fingerprint density at radius 3 is 2.60 bits per heavy atom. The molecule has 1 fully saturated rings. The first-order chi connectivity index (χ1) is 12.1. The molecule has 1 unspecified atom stereocenters. The van der Waals surface area contributed by atoms with Crippen molar-refractivity contribution in [3.8, 4) is 11.3 Å². The van der Waals surface area contributed by atoms with Gasteiger partial charge < -0.3 is 16.2 Å². The van der Waals surface area contributed by atoms with Crippen molar-refractivity contribution < 1.29 is 4.74 Å². The summed E-state index contributed by atoms with van der Waals surface area (Å²) in [6.07, 6.45) is 2.88. The van der Waals surface area contributed by atoms with Crippen LogP contribution in [0, 0.1) is 6.92 Å². The maximum absolute atomic E-state index is 6.06. The zero-order chi connectivity index (χ0) is 18.2. The van der Waals surface area contributed by atoms with E-state index in [1.165, 1.54) is 0 Å². The first kappa shape index (κ1) is 18.9. The Bertz CT molecular complexity index is 709. The van der Waals surface area contributed by atoms with Crippen molar-refractivity contribution in [1.29, 1.82) is 0 Å². The Kier molecular flexibility index (Phi) is 6.89. The Balaban J connectivity index is 0.00000109. The van der Waals surface area contributed by atoms with Gasteiger partial charge in [-0.05, 0) is 19.8 Å². The van der Waals surface area contributed by atoms with E-state index >= 15 is 0 Å². The molecule has 0 radical (unpaired) electrons. The molecule has 0 saturated carbocycles. The molecule has 0 amide bonds. The summed E-state index contributed by atoms with van der Waals surface area (Å²) in [6, 6.07) is 9.85. The van der Waals surface area contributed by atoms with Crippen LogP contribution >= 0.6 is 0 Å². The predicted molar refractivity (Wildman–Crippen MR) is 103 cm³/mol.